The van der Waals surface area contributed by atoms with Crippen LogP contribution in [0.1, 0.15) is 0 Å². The summed E-state index contributed by atoms with van der Waals surface area (Å²) >= 11 is 6.18. The molecule has 0 fully saturated rings. The van der Waals surface area contributed by atoms with E-state index in [1.165, 1.54) is 6.20 Å². The average molecular weight is 347 g/mol. The van der Waals surface area contributed by atoms with Crippen LogP contribution in [0.2, 0.25) is 0 Å². The van der Waals surface area contributed by atoms with E-state index >= 15 is 0 Å². The van der Waals surface area contributed by atoms with Gasteiger partial charge in [0.1, 0.15) is 10.3 Å². The van der Waals surface area contributed by atoms with Crippen molar-refractivity contribution in [3.8, 4) is 17.3 Å². The number of nitrogens with one attached hydrogen (secondary N) is 1. The van der Waals surface area contributed by atoms with Crippen LogP contribution in [0.25, 0.3) is 11.4 Å². The van der Waals surface area contributed by atoms with E-state index < -0.39 is 5.56 Å². The number of nitrogens with zero attached hydrogens (tertiary/aromatic N) is 2. The molecule has 2 heterocycles. The number of hydrogen-bond acceptors (Lipinski definition) is 4. The van der Waals surface area contributed by atoms with Gasteiger partial charge in [-0.3, -0.25) is 9.78 Å². The first-order valence-electron chi connectivity index (χ1n) is 4.17. The number of pyridine rings is 1. The minimum atomic E-state index is -0.442. The molecule has 2 aromatic heterocycles. The molecule has 0 unspecified atom stereocenters. The molecule has 0 radical (unpaired) electrons. The van der Waals surface area contributed by atoms with Crippen molar-refractivity contribution in [3.63, 3.8) is 0 Å². The molecule has 0 aromatic carbocycles. The first-order chi connectivity index (χ1) is 7.58. The van der Waals surface area contributed by atoms with E-state index in [1.54, 1.807) is 12.3 Å². The smallest absolute Gasteiger partial charge is 0.269 e. The lowest BCUT2D eigenvalue weighted by Crippen LogP contribution is -2.09. The van der Waals surface area contributed by atoms with Gasteiger partial charge in [-0.15, -0.1) is 0 Å². The molecule has 0 bridgehead atoms. The zero-order chi connectivity index (χ0) is 11.7. The van der Waals surface area contributed by atoms with Crippen LogP contribution in [0.5, 0.6) is 5.88 Å². The Bertz CT molecular complexity index is 598. The highest BCUT2D eigenvalue weighted by molar-refractivity contribution is 9.10. The number of rotatable bonds is 1. The van der Waals surface area contributed by atoms with Gasteiger partial charge in [0.15, 0.2) is 0 Å². The van der Waals surface area contributed by atoms with Crippen molar-refractivity contribution >= 4 is 31.9 Å². The highest BCUT2D eigenvalue weighted by Gasteiger charge is 2.09. The third kappa shape index (κ3) is 2.14. The number of H-pyrrole nitrogens is 1. The Morgan fingerprint density at radius 2 is 2.06 bits per heavy atom. The monoisotopic (exact) mass is 345 g/mol. The summed E-state index contributed by atoms with van der Waals surface area (Å²) in [7, 11) is 0. The number of aromatic hydroxyl groups is 1. The number of aromatic amines is 1. The molecule has 0 amide bonds. The van der Waals surface area contributed by atoms with Crippen LogP contribution >= 0.6 is 31.9 Å². The zero-order valence-corrected chi connectivity index (χ0v) is 10.9. The SMILES string of the molecule is O=c1[nH]c(-c2cncc(Br)c2)nc(O)c1Br. The zero-order valence-electron chi connectivity index (χ0n) is 7.74. The van der Waals surface area contributed by atoms with E-state index in [2.05, 4.69) is 46.8 Å². The summed E-state index contributed by atoms with van der Waals surface area (Å²) in [4.78, 5) is 21.7. The highest BCUT2D eigenvalue weighted by atomic mass is 79.9. The summed E-state index contributed by atoms with van der Waals surface area (Å²) in [5.74, 6) is -0.0850. The molecule has 2 rings (SSSR count). The molecule has 82 valence electrons. The van der Waals surface area contributed by atoms with E-state index in [9.17, 15) is 9.90 Å². The van der Waals surface area contributed by atoms with E-state index in [4.69, 9.17) is 0 Å². The van der Waals surface area contributed by atoms with Crippen molar-refractivity contribution in [3.05, 3.63) is 37.8 Å². The second-order valence-electron chi connectivity index (χ2n) is 2.94. The Balaban J connectivity index is 2.61. The van der Waals surface area contributed by atoms with Crippen LogP contribution < -0.4 is 5.56 Å². The van der Waals surface area contributed by atoms with Gasteiger partial charge in [-0.25, -0.2) is 0 Å². The normalized spacial score (nSPS) is 10.4. The molecular formula is C9H5Br2N3O2. The van der Waals surface area contributed by atoms with Crippen molar-refractivity contribution in [2.75, 3.05) is 0 Å². The first-order valence-corrected chi connectivity index (χ1v) is 5.76. The Morgan fingerprint density at radius 1 is 1.31 bits per heavy atom. The maximum absolute atomic E-state index is 11.4. The molecule has 0 aliphatic heterocycles. The topological polar surface area (TPSA) is 78.9 Å². The van der Waals surface area contributed by atoms with E-state index in [0.29, 0.717) is 5.56 Å². The maximum Gasteiger partial charge on any atom is 0.269 e. The molecule has 0 saturated heterocycles. The summed E-state index contributed by atoms with van der Waals surface area (Å²) in [6.45, 7) is 0. The quantitative estimate of drug-likeness (QED) is 0.828. The Morgan fingerprint density at radius 3 is 2.69 bits per heavy atom. The molecule has 7 heteroatoms. The summed E-state index contributed by atoms with van der Waals surface area (Å²) in [5.41, 5.74) is 0.164. The Labute approximate surface area is 107 Å². The summed E-state index contributed by atoms with van der Waals surface area (Å²) in [6, 6.07) is 1.73. The van der Waals surface area contributed by atoms with Gasteiger partial charge < -0.3 is 10.1 Å². The molecule has 0 atom stereocenters. The third-order valence-corrected chi connectivity index (χ3v) is 2.97. The Hall–Kier alpha value is -1.21. The summed E-state index contributed by atoms with van der Waals surface area (Å²) in [6.07, 6.45) is 3.15. The fraction of sp³-hybridized carbons (Fsp3) is 0. The lowest BCUT2D eigenvalue weighted by Gasteiger charge is -2.02. The van der Waals surface area contributed by atoms with Crippen LogP contribution in [0.15, 0.2) is 32.2 Å². The van der Waals surface area contributed by atoms with Gasteiger partial charge in [0, 0.05) is 22.4 Å². The van der Waals surface area contributed by atoms with Gasteiger partial charge in [0.2, 0.25) is 5.88 Å². The minimum absolute atomic E-state index is 0.0132. The van der Waals surface area contributed by atoms with Gasteiger partial charge in [-0.2, -0.15) is 4.98 Å². The van der Waals surface area contributed by atoms with Crippen LogP contribution in [0, 0.1) is 0 Å². The maximum atomic E-state index is 11.4. The van der Waals surface area contributed by atoms with E-state index in [0.717, 1.165) is 4.47 Å². The fourth-order valence-corrected chi connectivity index (χ4v) is 1.68. The molecule has 16 heavy (non-hydrogen) atoms. The number of halogens is 2. The Kier molecular flexibility index (Phi) is 3.06. The summed E-state index contributed by atoms with van der Waals surface area (Å²) < 4.78 is 0.772. The van der Waals surface area contributed by atoms with Crippen LogP contribution in [0.3, 0.4) is 0 Å². The molecule has 2 N–H and O–H groups in total. The van der Waals surface area contributed by atoms with E-state index in [1.807, 2.05) is 0 Å². The van der Waals surface area contributed by atoms with Gasteiger partial charge in [0.05, 0.1) is 0 Å². The molecule has 0 spiro atoms. The average Bonchev–Trinajstić information content (AvgIpc) is 2.25. The van der Waals surface area contributed by atoms with Gasteiger partial charge in [-0.1, -0.05) is 0 Å². The standard InChI is InChI=1S/C9H5Br2N3O2/c10-5-1-4(2-12-3-5)7-13-8(15)6(11)9(16)14-7/h1-3H,(H2,13,14,15,16). The third-order valence-electron chi connectivity index (χ3n) is 1.82. The molecule has 5 nitrogen and oxygen atoms in total. The summed E-state index contributed by atoms with van der Waals surface area (Å²) in [5, 5.41) is 9.40. The molecule has 2 aromatic rings. The molecular weight excluding hydrogens is 342 g/mol. The van der Waals surface area contributed by atoms with Crippen LogP contribution in [-0.2, 0) is 0 Å². The van der Waals surface area contributed by atoms with Crippen molar-refractivity contribution in [2.45, 2.75) is 0 Å². The van der Waals surface area contributed by atoms with E-state index in [-0.39, 0.29) is 16.2 Å². The first kappa shape index (κ1) is 11.3. The van der Waals surface area contributed by atoms with Gasteiger partial charge >= 0.3 is 0 Å². The lowest BCUT2D eigenvalue weighted by molar-refractivity contribution is 0.448. The van der Waals surface area contributed by atoms with Gasteiger partial charge in [0.25, 0.3) is 5.56 Å². The highest BCUT2D eigenvalue weighted by Crippen LogP contribution is 2.21. The number of aromatic nitrogens is 3. The number of hydrogen-bond donors (Lipinski definition) is 2. The van der Waals surface area contributed by atoms with Gasteiger partial charge in [-0.05, 0) is 37.9 Å². The van der Waals surface area contributed by atoms with Crippen molar-refractivity contribution in [2.24, 2.45) is 0 Å². The van der Waals surface area contributed by atoms with Crippen LogP contribution in [-0.4, -0.2) is 20.1 Å². The molecule has 0 aliphatic rings. The second-order valence-corrected chi connectivity index (χ2v) is 4.65. The predicted molar refractivity (Wildman–Crippen MR) is 65.2 cm³/mol. The molecule has 0 saturated carbocycles. The van der Waals surface area contributed by atoms with Crippen molar-refractivity contribution in [1.82, 2.24) is 15.0 Å². The molecule has 0 aliphatic carbocycles. The fourth-order valence-electron chi connectivity index (χ4n) is 1.12. The second kappa shape index (κ2) is 4.34. The predicted octanol–water partition coefficient (Wildman–Crippen LogP) is 2.06. The van der Waals surface area contributed by atoms with Crippen LogP contribution in [0.4, 0.5) is 0 Å². The minimum Gasteiger partial charge on any atom is -0.492 e. The largest absolute Gasteiger partial charge is 0.492 e. The van der Waals surface area contributed by atoms with Crippen molar-refractivity contribution < 1.29 is 5.11 Å². The van der Waals surface area contributed by atoms with Crippen molar-refractivity contribution in [1.29, 1.82) is 0 Å². The lowest BCUT2D eigenvalue weighted by atomic mass is 10.3.